The lowest BCUT2D eigenvalue weighted by molar-refractivity contribution is -0.124. The largest absolute Gasteiger partial charge is 0.352 e. The van der Waals surface area contributed by atoms with Crippen molar-refractivity contribution < 1.29 is 18.0 Å². The molecule has 30 heavy (non-hydrogen) atoms. The van der Waals surface area contributed by atoms with E-state index in [9.17, 15) is 18.0 Å². The lowest BCUT2D eigenvalue weighted by Crippen LogP contribution is -2.50. The molecule has 2 amide bonds. The van der Waals surface area contributed by atoms with Gasteiger partial charge in [-0.25, -0.2) is 8.42 Å². The van der Waals surface area contributed by atoms with E-state index in [1.807, 2.05) is 13.8 Å². The van der Waals surface area contributed by atoms with Gasteiger partial charge in [-0.1, -0.05) is 33.1 Å². The molecule has 166 valence electrons. The number of sulfonamides is 1. The van der Waals surface area contributed by atoms with Crippen molar-refractivity contribution in [3.05, 3.63) is 23.8 Å². The monoisotopic (exact) mass is 435 g/mol. The fraction of sp³-hybridized carbons (Fsp3) is 0.636. The molecule has 1 heterocycles. The first-order valence-corrected chi connectivity index (χ1v) is 12.5. The summed E-state index contributed by atoms with van der Waals surface area (Å²) < 4.78 is 28.8. The maximum Gasteiger partial charge on any atom is 0.241 e. The molecule has 1 aliphatic carbocycles. The van der Waals surface area contributed by atoms with E-state index < -0.39 is 16.1 Å². The molecule has 0 saturated heterocycles. The highest BCUT2D eigenvalue weighted by Crippen LogP contribution is 2.25. The predicted molar refractivity (Wildman–Crippen MR) is 117 cm³/mol. The van der Waals surface area contributed by atoms with Gasteiger partial charge in [-0.2, -0.15) is 4.72 Å². The van der Waals surface area contributed by atoms with Crippen molar-refractivity contribution in [2.45, 2.75) is 88.6 Å². The highest BCUT2D eigenvalue weighted by Gasteiger charge is 2.29. The zero-order chi connectivity index (χ0) is 21.7. The summed E-state index contributed by atoms with van der Waals surface area (Å²) in [7, 11) is -3.87. The van der Waals surface area contributed by atoms with E-state index in [2.05, 4.69) is 15.4 Å². The van der Waals surface area contributed by atoms with E-state index >= 15 is 0 Å². The standard InChI is InChI=1S/C22H33N3O4S/c1-15(2)13-20(22(27)23-17-8-4-3-5-9-17)25-30(28,29)18-11-12-19-16(14-18)7-6-10-21(26)24-19/h11-12,14-15,17,20,25H,3-10,13H2,1-2H3,(H,23,27)(H,24,26). The average Bonchev–Trinajstić information content (AvgIpc) is 2.87. The van der Waals surface area contributed by atoms with E-state index in [0.717, 1.165) is 31.2 Å². The number of fused-ring (bicyclic) bond motifs is 1. The second-order valence-corrected chi connectivity index (χ2v) is 10.6. The Morgan fingerprint density at radius 1 is 1.13 bits per heavy atom. The van der Waals surface area contributed by atoms with Crippen LogP contribution in [0.5, 0.6) is 0 Å². The maximum atomic E-state index is 13.1. The van der Waals surface area contributed by atoms with E-state index in [1.165, 1.54) is 12.5 Å². The molecule has 1 atom stereocenters. The SMILES string of the molecule is CC(C)CC(NS(=O)(=O)c1ccc2c(c1)CCCC(=O)N2)C(=O)NC1CCCCC1. The Morgan fingerprint density at radius 3 is 2.57 bits per heavy atom. The van der Waals surface area contributed by atoms with Crippen LogP contribution >= 0.6 is 0 Å². The van der Waals surface area contributed by atoms with Crippen molar-refractivity contribution >= 4 is 27.5 Å². The number of aryl methyl sites for hydroxylation is 1. The molecule has 0 spiro atoms. The van der Waals surface area contributed by atoms with Gasteiger partial charge in [0.1, 0.15) is 6.04 Å². The molecule has 1 aromatic carbocycles. The number of anilines is 1. The lowest BCUT2D eigenvalue weighted by Gasteiger charge is -2.26. The molecule has 1 aliphatic heterocycles. The Kier molecular flexibility index (Phi) is 7.52. The van der Waals surface area contributed by atoms with Crippen molar-refractivity contribution in [1.29, 1.82) is 0 Å². The number of nitrogens with one attached hydrogen (secondary N) is 3. The minimum atomic E-state index is -3.87. The Bertz CT molecular complexity index is 876. The minimum Gasteiger partial charge on any atom is -0.352 e. The smallest absolute Gasteiger partial charge is 0.241 e. The van der Waals surface area contributed by atoms with Crippen LogP contribution in [-0.2, 0) is 26.0 Å². The molecule has 8 heteroatoms. The first kappa shape index (κ1) is 22.7. The van der Waals surface area contributed by atoms with E-state index in [4.69, 9.17) is 0 Å². The third-order valence-corrected chi connectivity index (χ3v) is 7.25. The summed E-state index contributed by atoms with van der Waals surface area (Å²) in [6.45, 7) is 3.94. The van der Waals surface area contributed by atoms with Crippen LogP contribution in [0.2, 0.25) is 0 Å². The van der Waals surface area contributed by atoms with Gasteiger partial charge in [-0.05, 0) is 61.8 Å². The number of hydrogen-bond donors (Lipinski definition) is 3. The van der Waals surface area contributed by atoms with Gasteiger partial charge in [-0.15, -0.1) is 0 Å². The number of hydrogen-bond acceptors (Lipinski definition) is 4. The highest BCUT2D eigenvalue weighted by atomic mass is 32.2. The summed E-state index contributed by atoms with van der Waals surface area (Å²) in [5.41, 5.74) is 1.46. The van der Waals surface area contributed by atoms with Gasteiger partial charge in [0.25, 0.3) is 0 Å². The molecule has 0 aromatic heterocycles. The fourth-order valence-electron chi connectivity index (χ4n) is 4.20. The molecule has 0 radical (unpaired) electrons. The molecule has 1 aromatic rings. The van der Waals surface area contributed by atoms with Gasteiger partial charge < -0.3 is 10.6 Å². The number of carbonyl (C=O) groups excluding carboxylic acids is 2. The van der Waals surface area contributed by atoms with Gasteiger partial charge in [0.2, 0.25) is 21.8 Å². The zero-order valence-electron chi connectivity index (χ0n) is 17.9. The van der Waals surface area contributed by atoms with Crippen molar-refractivity contribution in [3.63, 3.8) is 0 Å². The predicted octanol–water partition coefficient (Wildman–Crippen LogP) is 3.10. The third kappa shape index (κ3) is 6.04. The first-order valence-electron chi connectivity index (χ1n) is 11.0. The van der Waals surface area contributed by atoms with Crippen LogP contribution in [0, 0.1) is 5.92 Å². The molecule has 1 saturated carbocycles. The van der Waals surface area contributed by atoms with Gasteiger partial charge in [-0.3, -0.25) is 9.59 Å². The fourth-order valence-corrected chi connectivity index (χ4v) is 5.46. The number of amides is 2. The van der Waals surface area contributed by atoms with Gasteiger partial charge in [0.05, 0.1) is 4.90 Å². The van der Waals surface area contributed by atoms with Crippen molar-refractivity contribution in [1.82, 2.24) is 10.0 Å². The summed E-state index contributed by atoms with van der Waals surface area (Å²) in [5.74, 6) is -0.142. The average molecular weight is 436 g/mol. The number of benzene rings is 1. The molecule has 7 nitrogen and oxygen atoms in total. The third-order valence-electron chi connectivity index (χ3n) is 5.78. The molecule has 1 unspecified atom stereocenters. The van der Waals surface area contributed by atoms with Crippen LogP contribution in [-0.4, -0.2) is 32.3 Å². The molecule has 3 rings (SSSR count). The Labute approximate surface area is 179 Å². The molecule has 2 aliphatic rings. The zero-order valence-corrected chi connectivity index (χ0v) is 18.7. The Balaban J connectivity index is 1.76. The van der Waals surface area contributed by atoms with Crippen LogP contribution in [0.4, 0.5) is 5.69 Å². The Morgan fingerprint density at radius 2 is 1.87 bits per heavy atom. The van der Waals surface area contributed by atoms with Gasteiger partial charge in [0, 0.05) is 18.2 Å². The van der Waals surface area contributed by atoms with E-state index in [0.29, 0.717) is 31.4 Å². The lowest BCUT2D eigenvalue weighted by atomic mass is 9.95. The molecular formula is C22H33N3O4S. The molecule has 3 N–H and O–H groups in total. The number of rotatable bonds is 7. The van der Waals surface area contributed by atoms with E-state index in [-0.39, 0.29) is 28.7 Å². The summed E-state index contributed by atoms with van der Waals surface area (Å²) in [5, 5.41) is 5.86. The summed E-state index contributed by atoms with van der Waals surface area (Å²) in [4.78, 5) is 24.7. The molecule has 0 bridgehead atoms. The summed E-state index contributed by atoms with van der Waals surface area (Å²) in [6.07, 6.45) is 7.44. The molecular weight excluding hydrogens is 402 g/mol. The molecule has 1 fully saturated rings. The Hall–Kier alpha value is -1.93. The second-order valence-electron chi connectivity index (χ2n) is 8.87. The van der Waals surface area contributed by atoms with Crippen molar-refractivity contribution in [2.24, 2.45) is 5.92 Å². The quantitative estimate of drug-likeness (QED) is 0.612. The van der Waals surface area contributed by atoms with Crippen molar-refractivity contribution in [3.8, 4) is 0 Å². The summed E-state index contributed by atoms with van der Waals surface area (Å²) in [6, 6.07) is 4.04. The normalized spacial score (nSPS) is 19.0. The topological polar surface area (TPSA) is 104 Å². The van der Waals surface area contributed by atoms with Gasteiger partial charge in [0.15, 0.2) is 0 Å². The maximum absolute atomic E-state index is 13.1. The van der Waals surface area contributed by atoms with Crippen LogP contribution in [0.3, 0.4) is 0 Å². The highest BCUT2D eigenvalue weighted by molar-refractivity contribution is 7.89. The first-order chi connectivity index (χ1) is 14.2. The van der Waals surface area contributed by atoms with Crippen LogP contribution in [0.15, 0.2) is 23.1 Å². The van der Waals surface area contributed by atoms with Crippen molar-refractivity contribution in [2.75, 3.05) is 5.32 Å². The number of carbonyl (C=O) groups is 2. The minimum absolute atomic E-state index is 0.0566. The van der Waals surface area contributed by atoms with Crippen LogP contribution in [0.25, 0.3) is 0 Å². The van der Waals surface area contributed by atoms with E-state index in [1.54, 1.807) is 12.1 Å². The van der Waals surface area contributed by atoms with Crippen LogP contribution in [0.1, 0.15) is 70.8 Å². The van der Waals surface area contributed by atoms with Crippen LogP contribution < -0.4 is 15.4 Å². The second kappa shape index (κ2) is 9.92. The summed E-state index contributed by atoms with van der Waals surface area (Å²) >= 11 is 0. The van der Waals surface area contributed by atoms with Gasteiger partial charge >= 0.3 is 0 Å².